The Bertz CT molecular complexity index is 356. The van der Waals surface area contributed by atoms with Gasteiger partial charge in [0, 0.05) is 21.6 Å². The normalized spacial score (nSPS) is 11.6. The Morgan fingerprint density at radius 2 is 1.94 bits per heavy atom. The molecule has 0 aliphatic carbocycles. The molecule has 1 aromatic rings. The lowest BCUT2D eigenvalue weighted by atomic mass is 9.82. The molecule has 1 aromatic carbocycles. The fourth-order valence-corrected chi connectivity index (χ4v) is 2.99. The van der Waals surface area contributed by atoms with Crippen molar-refractivity contribution < 1.29 is 4.74 Å². The summed E-state index contributed by atoms with van der Waals surface area (Å²) in [7, 11) is 1.68. The van der Waals surface area contributed by atoms with Gasteiger partial charge in [0.1, 0.15) is 5.75 Å². The van der Waals surface area contributed by atoms with Gasteiger partial charge in [-0.1, -0.05) is 22.9 Å². The van der Waals surface area contributed by atoms with Crippen LogP contribution >= 0.6 is 39.1 Å². The predicted octanol–water partition coefficient (Wildman–Crippen LogP) is 4.87. The third-order valence-electron chi connectivity index (χ3n) is 3.12. The highest BCUT2D eigenvalue weighted by Gasteiger charge is 2.28. The molecule has 0 unspecified atom stereocenters. The van der Waals surface area contributed by atoms with Crippen molar-refractivity contribution in [2.45, 2.75) is 19.8 Å². The molecule has 0 spiro atoms. The van der Waals surface area contributed by atoms with Crippen molar-refractivity contribution in [2.75, 3.05) is 18.9 Å². The quantitative estimate of drug-likeness (QED) is 0.671. The summed E-state index contributed by atoms with van der Waals surface area (Å²) in [6, 6.07) is 6.00. The number of rotatable bonds is 6. The van der Waals surface area contributed by atoms with Gasteiger partial charge in [0.05, 0.1) is 7.11 Å². The average Bonchev–Trinajstić information content (AvgIpc) is 2.36. The van der Waals surface area contributed by atoms with Gasteiger partial charge >= 0.3 is 0 Å². The number of alkyl halides is 2. The molecule has 96 valence electrons. The third kappa shape index (κ3) is 3.77. The van der Waals surface area contributed by atoms with E-state index < -0.39 is 0 Å². The summed E-state index contributed by atoms with van der Waals surface area (Å²) in [5.41, 5.74) is 1.09. The predicted molar refractivity (Wildman–Crippen MR) is 78.6 cm³/mol. The van der Waals surface area contributed by atoms with Crippen molar-refractivity contribution in [3.63, 3.8) is 0 Å². The van der Waals surface area contributed by atoms with Gasteiger partial charge in [-0.3, -0.25) is 0 Å². The van der Waals surface area contributed by atoms with E-state index >= 15 is 0 Å². The third-order valence-corrected chi connectivity index (χ3v) is 4.75. The van der Waals surface area contributed by atoms with Gasteiger partial charge in [0.2, 0.25) is 0 Å². The number of halogens is 3. The highest BCUT2D eigenvalue weighted by molar-refractivity contribution is 9.10. The molecular formula is C13H17BrCl2O. The van der Waals surface area contributed by atoms with Gasteiger partial charge in [-0.2, -0.15) is 0 Å². The van der Waals surface area contributed by atoms with Gasteiger partial charge in [-0.05, 0) is 36.6 Å². The molecule has 0 fully saturated rings. The standard InChI is InChI=1S/C13H17BrCl2O/c1-3-13(8-15,9-16)7-10-6-11(14)4-5-12(10)17-2/h4-6H,3,7-9H2,1-2H3. The number of benzene rings is 1. The smallest absolute Gasteiger partial charge is 0.122 e. The minimum atomic E-state index is -0.0583. The van der Waals surface area contributed by atoms with Crippen LogP contribution in [-0.4, -0.2) is 18.9 Å². The van der Waals surface area contributed by atoms with E-state index in [0.29, 0.717) is 11.8 Å². The van der Waals surface area contributed by atoms with E-state index in [4.69, 9.17) is 27.9 Å². The lowest BCUT2D eigenvalue weighted by molar-refractivity contribution is 0.348. The molecule has 4 heteroatoms. The first kappa shape index (κ1) is 15.1. The van der Waals surface area contributed by atoms with E-state index in [-0.39, 0.29) is 5.41 Å². The Morgan fingerprint density at radius 1 is 1.29 bits per heavy atom. The van der Waals surface area contributed by atoms with Crippen LogP contribution in [0.25, 0.3) is 0 Å². The zero-order valence-electron chi connectivity index (χ0n) is 10.1. The average molecular weight is 340 g/mol. The summed E-state index contributed by atoms with van der Waals surface area (Å²) in [4.78, 5) is 0. The van der Waals surface area contributed by atoms with Crippen LogP contribution in [0.2, 0.25) is 0 Å². The Labute approximate surface area is 122 Å². The molecule has 0 heterocycles. The molecule has 0 aromatic heterocycles. The molecule has 0 bridgehead atoms. The fraction of sp³-hybridized carbons (Fsp3) is 0.538. The molecule has 0 N–H and O–H groups in total. The summed E-state index contributed by atoms with van der Waals surface area (Å²) in [6.45, 7) is 2.12. The maximum absolute atomic E-state index is 6.07. The molecule has 0 atom stereocenters. The zero-order chi connectivity index (χ0) is 12.9. The van der Waals surface area contributed by atoms with Crippen LogP contribution in [0, 0.1) is 5.41 Å². The molecule has 17 heavy (non-hydrogen) atoms. The zero-order valence-corrected chi connectivity index (χ0v) is 13.2. The number of ether oxygens (including phenoxy) is 1. The van der Waals surface area contributed by atoms with Crippen molar-refractivity contribution in [2.24, 2.45) is 5.41 Å². The molecule has 0 aliphatic rings. The van der Waals surface area contributed by atoms with E-state index in [0.717, 1.165) is 28.6 Å². The van der Waals surface area contributed by atoms with Crippen molar-refractivity contribution in [1.82, 2.24) is 0 Å². The van der Waals surface area contributed by atoms with Crippen molar-refractivity contribution in [3.8, 4) is 5.75 Å². The Kier molecular flexibility index (Phi) is 6.11. The largest absolute Gasteiger partial charge is 0.496 e. The van der Waals surface area contributed by atoms with Crippen molar-refractivity contribution in [1.29, 1.82) is 0 Å². The van der Waals surface area contributed by atoms with E-state index in [1.807, 2.05) is 12.1 Å². The summed E-state index contributed by atoms with van der Waals surface area (Å²) in [6.07, 6.45) is 1.79. The van der Waals surface area contributed by atoms with Crippen LogP contribution in [-0.2, 0) is 6.42 Å². The van der Waals surface area contributed by atoms with Crippen molar-refractivity contribution in [3.05, 3.63) is 28.2 Å². The second kappa shape index (κ2) is 6.86. The second-order valence-corrected chi connectivity index (χ2v) is 5.70. The fourth-order valence-electron chi connectivity index (χ4n) is 1.73. The molecule has 1 rings (SSSR count). The van der Waals surface area contributed by atoms with Gasteiger partial charge in [0.15, 0.2) is 0 Å². The maximum Gasteiger partial charge on any atom is 0.122 e. The molecule has 0 aliphatic heterocycles. The van der Waals surface area contributed by atoms with E-state index in [1.165, 1.54) is 0 Å². The SMILES string of the molecule is CCC(CCl)(CCl)Cc1cc(Br)ccc1OC. The Morgan fingerprint density at radius 3 is 2.41 bits per heavy atom. The monoisotopic (exact) mass is 338 g/mol. The molecule has 0 radical (unpaired) electrons. The number of hydrogen-bond donors (Lipinski definition) is 0. The van der Waals surface area contributed by atoms with Gasteiger partial charge in [-0.25, -0.2) is 0 Å². The highest BCUT2D eigenvalue weighted by atomic mass is 79.9. The second-order valence-electron chi connectivity index (χ2n) is 4.25. The molecular weight excluding hydrogens is 323 g/mol. The van der Waals surface area contributed by atoms with Crippen LogP contribution in [0.4, 0.5) is 0 Å². The van der Waals surface area contributed by atoms with Crippen LogP contribution < -0.4 is 4.74 Å². The molecule has 0 saturated heterocycles. The summed E-state index contributed by atoms with van der Waals surface area (Å²) in [5, 5.41) is 0. The number of hydrogen-bond acceptors (Lipinski definition) is 1. The van der Waals surface area contributed by atoms with Crippen LogP contribution in [0.5, 0.6) is 5.75 Å². The summed E-state index contributed by atoms with van der Waals surface area (Å²) in [5.74, 6) is 2.01. The van der Waals surface area contributed by atoms with E-state index in [2.05, 4.69) is 28.9 Å². The summed E-state index contributed by atoms with van der Waals surface area (Å²) < 4.78 is 6.42. The Balaban J connectivity index is 3.03. The Hall–Kier alpha value is 0.0800. The minimum absolute atomic E-state index is 0.0583. The van der Waals surface area contributed by atoms with Crippen LogP contribution in [0.3, 0.4) is 0 Å². The first-order valence-electron chi connectivity index (χ1n) is 5.55. The highest BCUT2D eigenvalue weighted by Crippen LogP contribution is 2.34. The first-order chi connectivity index (χ1) is 8.10. The van der Waals surface area contributed by atoms with Gasteiger partial charge in [0.25, 0.3) is 0 Å². The van der Waals surface area contributed by atoms with Crippen LogP contribution in [0.1, 0.15) is 18.9 Å². The van der Waals surface area contributed by atoms with Crippen molar-refractivity contribution >= 4 is 39.1 Å². The summed E-state index contributed by atoms with van der Waals surface area (Å²) >= 11 is 15.6. The molecule has 0 amide bonds. The van der Waals surface area contributed by atoms with Crippen LogP contribution in [0.15, 0.2) is 22.7 Å². The van der Waals surface area contributed by atoms with Gasteiger partial charge in [-0.15, -0.1) is 23.2 Å². The minimum Gasteiger partial charge on any atom is -0.496 e. The molecule has 1 nitrogen and oxygen atoms in total. The molecule has 0 saturated carbocycles. The van der Waals surface area contributed by atoms with Gasteiger partial charge < -0.3 is 4.74 Å². The first-order valence-corrected chi connectivity index (χ1v) is 7.41. The maximum atomic E-state index is 6.07. The van der Waals surface area contributed by atoms with E-state index in [1.54, 1.807) is 7.11 Å². The lowest BCUT2D eigenvalue weighted by Crippen LogP contribution is -2.27. The number of methoxy groups -OCH3 is 1. The lowest BCUT2D eigenvalue weighted by Gasteiger charge is -2.28. The van der Waals surface area contributed by atoms with E-state index in [9.17, 15) is 0 Å². The topological polar surface area (TPSA) is 9.23 Å².